The van der Waals surface area contributed by atoms with Gasteiger partial charge in [-0.05, 0) is 51.9 Å². The van der Waals surface area contributed by atoms with Crippen LogP contribution in [0, 0.1) is 20.8 Å². The normalized spacial score (nSPS) is 12.9. The molecule has 0 aliphatic carbocycles. The molecule has 0 amide bonds. The van der Waals surface area contributed by atoms with Crippen LogP contribution in [0.3, 0.4) is 0 Å². The molecule has 0 aliphatic rings. The predicted octanol–water partition coefficient (Wildman–Crippen LogP) is 3.76. The van der Waals surface area contributed by atoms with Crippen molar-refractivity contribution in [3.63, 3.8) is 0 Å². The van der Waals surface area contributed by atoms with Crippen molar-refractivity contribution < 1.29 is 9.52 Å². The van der Waals surface area contributed by atoms with E-state index in [1.54, 1.807) is 0 Å². The minimum absolute atomic E-state index is 0.413. The fourth-order valence-electron chi connectivity index (χ4n) is 2.63. The number of aliphatic hydroxyl groups is 1. The van der Waals surface area contributed by atoms with Gasteiger partial charge in [0.2, 0.25) is 0 Å². The Labute approximate surface area is 127 Å². The topological polar surface area (TPSA) is 36.6 Å². The van der Waals surface area contributed by atoms with E-state index in [0.29, 0.717) is 0 Å². The minimum atomic E-state index is -0.413. The van der Waals surface area contributed by atoms with Crippen molar-refractivity contribution in [1.82, 2.24) is 4.90 Å². The fraction of sp³-hybridized carbons (Fsp3) is 0.444. The van der Waals surface area contributed by atoms with Crippen LogP contribution in [0.4, 0.5) is 0 Å². The van der Waals surface area contributed by atoms with Gasteiger partial charge in [-0.2, -0.15) is 0 Å². The molecule has 0 saturated heterocycles. The zero-order valence-corrected chi connectivity index (χ0v) is 13.4. The van der Waals surface area contributed by atoms with E-state index in [1.807, 2.05) is 26.1 Å². The zero-order chi connectivity index (χ0) is 15.4. The molecule has 0 bridgehead atoms. The Kier molecular flexibility index (Phi) is 5.21. The lowest BCUT2D eigenvalue weighted by molar-refractivity contribution is 0.145. The summed E-state index contributed by atoms with van der Waals surface area (Å²) in [7, 11) is 2.05. The maximum Gasteiger partial charge on any atom is 0.118 e. The highest BCUT2D eigenvalue weighted by atomic mass is 16.3. The molecule has 1 aromatic heterocycles. The summed E-state index contributed by atoms with van der Waals surface area (Å²) in [6.45, 7) is 7.68. The first-order chi connectivity index (χ1) is 9.94. The highest BCUT2D eigenvalue weighted by molar-refractivity contribution is 5.29. The van der Waals surface area contributed by atoms with Crippen molar-refractivity contribution in [2.45, 2.75) is 39.8 Å². The number of hydrogen-bond acceptors (Lipinski definition) is 3. The van der Waals surface area contributed by atoms with Gasteiger partial charge in [0.15, 0.2) is 0 Å². The minimum Gasteiger partial charge on any atom is -0.465 e. The standard InChI is InChI=1S/C18H25NO2/c1-13-9-14(2)11-16(10-13)18(20)7-8-19(4)12-17-6-5-15(3)21-17/h5-6,9-11,18,20H,7-8,12H2,1-4H3. The fourth-order valence-corrected chi connectivity index (χ4v) is 2.63. The van der Waals surface area contributed by atoms with Crippen LogP contribution in [0.25, 0.3) is 0 Å². The molecule has 0 spiro atoms. The smallest absolute Gasteiger partial charge is 0.118 e. The van der Waals surface area contributed by atoms with E-state index in [9.17, 15) is 5.11 Å². The number of aryl methyl sites for hydroxylation is 3. The van der Waals surface area contributed by atoms with Crippen LogP contribution in [0.5, 0.6) is 0 Å². The molecule has 114 valence electrons. The third kappa shape index (κ3) is 4.73. The second-order valence-corrected chi connectivity index (χ2v) is 5.98. The number of nitrogens with zero attached hydrogens (tertiary/aromatic N) is 1. The lowest BCUT2D eigenvalue weighted by atomic mass is 10.0. The van der Waals surface area contributed by atoms with Gasteiger partial charge in [-0.3, -0.25) is 4.90 Å². The highest BCUT2D eigenvalue weighted by Crippen LogP contribution is 2.20. The summed E-state index contributed by atoms with van der Waals surface area (Å²) >= 11 is 0. The summed E-state index contributed by atoms with van der Waals surface area (Å²) in [6, 6.07) is 10.2. The molecular weight excluding hydrogens is 262 g/mol. The van der Waals surface area contributed by atoms with Crippen molar-refractivity contribution in [1.29, 1.82) is 0 Å². The Hall–Kier alpha value is -1.58. The summed E-state index contributed by atoms with van der Waals surface area (Å²) in [5.74, 6) is 1.91. The molecule has 0 radical (unpaired) electrons. The lowest BCUT2D eigenvalue weighted by Gasteiger charge is -2.18. The van der Waals surface area contributed by atoms with Gasteiger partial charge in [-0.25, -0.2) is 0 Å². The maximum absolute atomic E-state index is 10.3. The lowest BCUT2D eigenvalue weighted by Crippen LogP contribution is -2.20. The quantitative estimate of drug-likeness (QED) is 0.879. The molecule has 2 rings (SSSR count). The largest absolute Gasteiger partial charge is 0.465 e. The molecule has 3 heteroatoms. The number of aliphatic hydroxyl groups excluding tert-OH is 1. The SMILES string of the molecule is Cc1cc(C)cc(C(O)CCN(C)Cc2ccc(C)o2)c1. The molecule has 0 aliphatic heterocycles. The van der Waals surface area contributed by atoms with Gasteiger partial charge in [0.25, 0.3) is 0 Å². The van der Waals surface area contributed by atoms with Crippen LogP contribution >= 0.6 is 0 Å². The molecule has 2 aromatic rings. The van der Waals surface area contributed by atoms with Crippen LogP contribution in [-0.2, 0) is 6.54 Å². The van der Waals surface area contributed by atoms with Crippen molar-refractivity contribution >= 4 is 0 Å². The van der Waals surface area contributed by atoms with Gasteiger partial charge in [0.05, 0.1) is 12.6 Å². The van der Waals surface area contributed by atoms with E-state index in [4.69, 9.17) is 4.42 Å². The number of furan rings is 1. The predicted molar refractivity (Wildman–Crippen MR) is 85.3 cm³/mol. The molecule has 1 atom stereocenters. The third-order valence-corrected chi connectivity index (χ3v) is 3.63. The third-order valence-electron chi connectivity index (χ3n) is 3.63. The molecule has 1 heterocycles. The number of benzene rings is 1. The van der Waals surface area contributed by atoms with Crippen LogP contribution in [-0.4, -0.2) is 23.6 Å². The molecule has 1 aromatic carbocycles. The summed E-state index contributed by atoms with van der Waals surface area (Å²) in [5.41, 5.74) is 3.40. The zero-order valence-electron chi connectivity index (χ0n) is 13.4. The van der Waals surface area contributed by atoms with Gasteiger partial charge in [0, 0.05) is 6.54 Å². The van der Waals surface area contributed by atoms with E-state index in [0.717, 1.165) is 36.6 Å². The van der Waals surface area contributed by atoms with E-state index in [1.165, 1.54) is 11.1 Å². The molecular formula is C18H25NO2. The van der Waals surface area contributed by atoms with Crippen LogP contribution < -0.4 is 0 Å². The van der Waals surface area contributed by atoms with Crippen molar-refractivity contribution in [3.8, 4) is 0 Å². The molecule has 1 N–H and O–H groups in total. The first kappa shape index (κ1) is 15.8. The summed E-state index contributed by atoms with van der Waals surface area (Å²) in [6.07, 6.45) is 0.309. The average Bonchev–Trinajstić information content (AvgIpc) is 2.80. The van der Waals surface area contributed by atoms with E-state index in [2.05, 4.69) is 36.9 Å². The van der Waals surface area contributed by atoms with Crippen LogP contribution in [0.2, 0.25) is 0 Å². The molecule has 3 nitrogen and oxygen atoms in total. The van der Waals surface area contributed by atoms with Gasteiger partial charge in [-0.1, -0.05) is 29.3 Å². The second-order valence-electron chi connectivity index (χ2n) is 5.98. The summed E-state index contributed by atoms with van der Waals surface area (Å²) in [5, 5.41) is 10.3. The monoisotopic (exact) mass is 287 g/mol. The van der Waals surface area contributed by atoms with E-state index < -0.39 is 6.10 Å². The average molecular weight is 287 g/mol. The maximum atomic E-state index is 10.3. The molecule has 1 unspecified atom stereocenters. The van der Waals surface area contributed by atoms with Gasteiger partial charge < -0.3 is 9.52 Å². The summed E-state index contributed by atoms with van der Waals surface area (Å²) < 4.78 is 5.57. The van der Waals surface area contributed by atoms with Crippen molar-refractivity contribution in [3.05, 3.63) is 58.5 Å². The van der Waals surface area contributed by atoms with Gasteiger partial charge >= 0.3 is 0 Å². The molecule has 0 saturated carbocycles. The summed E-state index contributed by atoms with van der Waals surface area (Å²) in [4.78, 5) is 2.17. The molecule has 0 fully saturated rings. The second kappa shape index (κ2) is 6.92. The Morgan fingerprint density at radius 3 is 2.33 bits per heavy atom. The molecule has 21 heavy (non-hydrogen) atoms. The number of hydrogen-bond donors (Lipinski definition) is 1. The van der Waals surface area contributed by atoms with Crippen molar-refractivity contribution in [2.24, 2.45) is 0 Å². The van der Waals surface area contributed by atoms with Crippen molar-refractivity contribution in [2.75, 3.05) is 13.6 Å². The van der Waals surface area contributed by atoms with E-state index >= 15 is 0 Å². The van der Waals surface area contributed by atoms with Crippen LogP contribution in [0.1, 0.15) is 40.7 Å². The Bertz CT molecular complexity index is 568. The Morgan fingerprint density at radius 1 is 1.10 bits per heavy atom. The highest BCUT2D eigenvalue weighted by Gasteiger charge is 2.11. The van der Waals surface area contributed by atoms with Gasteiger partial charge in [-0.15, -0.1) is 0 Å². The first-order valence-electron chi connectivity index (χ1n) is 7.44. The number of rotatable bonds is 6. The first-order valence-corrected chi connectivity index (χ1v) is 7.44. The van der Waals surface area contributed by atoms with E-state index in [-0.39, 0.29) is 0 Å². The Balaban J connectivity index is 1.86. The van der Waals surface area contributed by atoms with Gasteiger partial charge in [0.1, 0.15) is 11.5 Å². The van der Waals surface area contributed by atoms with Crippen LogP contribution in [0.15, 0.2) is 34.7 Å². The Morgan fingerprint density at radius 2 is 1.76 bits per heavy atom.